The maximum atomic E-state index is 12.3. The van der Waals surface area contributed by atoms with Gasteiger partial charge in [0.25, 0.3) is 11.8 Å². The molecule has 1 aliphatic carbocycles. The van der Waals surface area contributed by atoms with E-state index < -0.39 is 0 Å². The van der Waals surface area contributed by atoms with Crippen LogP contribution in [0, 0.1) is 5.92 Å². The molecule has 128 valence electrons. The molecule has 1 aliphatic rings. The van der Waals surface area contributed by atoms with Gasteiger partial charge in [0.1, 0.15) is 0 Å². The predicted molar refractivity (Wildman–Crippen MR) is 91.3 cm³/mol. The van der Waals surface area contributed by atoms with E-state index >= 15 is 0 Å². The molecule has 6 nitrogen and oxygen atoms in total. The molecule has 0 saturated heterocycles. The number of amides is 2. The average molecular weight is 348 g/mol. The first kappa shape index (κ1) is 16.7. The fraction of sp³-hybridized carbons (Fsp3) is 0.412. The number of carbonyl (C=O) groups is 2. The minimum absolute atomic E-state index is 0.119. The van der Waals surface area contributed by atoms with Crippen LogP contribution in [0.4, 0.5) is 5.00 Å². The summed E-state index contributed by atoms with van der Waals surface area (Å²) in [5.74, 6) is 0.139. The Labute approximate surface area is 143 Å². The molecule has 0 radical (unpaired) electrons. The lowest BCUT2D eigenvalue weighted by molar-refractivity contribution is 0.0917. The third-order valence-corrected chi connectivity index (χ3v) is 5.25. The van der Waals surface area contributed by atoms with E-state index in [2.05, 4.69) is 10.6 Å². The summed E-state index contributed by atoms with van der Waals surface area (Å²) < 4.78 is 5.04. The molecule has 3 N–H and O–H groups in total. The molecule has 1 fully saturated rings. The van der Waals surface area contributed by atoms with Crippen LogP contribution in [-0.4, -0.2) is 29.6 Å². The molecule has 0 bridgehead atoms. The van der Waals surface area contributed by atoms with Gasteiger partial charge in [0, 0.05) is 12.6 Å². The summed E-state index contributed by atoms with van der Waals surface area (Å²) in [5.41, 5.74) is 0. The standard InChI is InChI=1S/C17H20N2O4S/c20-10-11-3-5-12(6-4-11)18-17(22)14-7-8-15(24-14)19-16(21)13-2-1-9-23-13/h1-2,7-9,11-12,20H,3-6,10H2,(H,18,22)(H,19,21). The van der Waals surface area contributed by atoms with E-state index in [1.54, 1.807) is 24.3 Å². The van der Waals surface area contributed by atoms with Crippen molar-refractivity contribution in [1.29, 1.82) is 0 Å². The molecular formula is C17H20N2O4S. The van der Waals surface area contributed by atoms with E-state index in [0.29, 0.717) is 15.8 Å². The highest BCUT2D eigenvalue weighted by atomic mass is 32.1. The lowest BCUT2D eigenvalue weighted by Gasteiger charge is -2.27. The molecule has 3 rings (SSSR count). The quantitative estimate of drug-likeness (QED) is 0.775. The SMILES string of the molecule is O=C(Nc1ccc(C(=O)NC2CCC(CO)CC2)s1)c1ccco1. The molecule has 2 aromatic heterocycles. The Morgan fingerprint density at radius 3 is 2.62 bits per heavy atom. The molecule has 0 aromatic carbocycles. The number of hydrogen-bond acceptors (Lipinski definition) is 5. The van der Waals surface area contributed by atoms with E-state index in [4.69, 9.17) is 9.52 Å². The van der Waals surface area contributed by atoms with Crippen molar-refractivity contribution in [2.75, 3.05) is 11.9 Å². The van der Waals surface area contributed by atoms with Crippen molar-refractivity contribution in [2.45, 2.75) is 31.7 Å². The maximum Gasteiger partial charge on any atom is 0.291 e. The van der Waals surface area contributed by atoms with Gasteiger partial charge in [-0.2, -0.15) is 0 Å². The second kappa shape index (κ2) is 7.63. The minimum Gasteiger partial charge on any atom is -0.459 e. The summed E-state index contributed by atoms with van der Waals surface area (Å²) in [6.45, 7) is 0.227. The van der Waals surface area contributed by atoms with E-state index in [-0.39, 0.29) is 30.2 Å². The number of aliphatic hydroxyl groups is 1. The van der Waals surface area contributed by atoms with Crippen LogP contribution in [0.1, 0.15) is 45.9 Å². The van der Waals surface area contributed by atoms with Crippen LogP contribution >= 0.6 is 11.3 Å². The minimum atomic E-state index is -0.337. The predicted octanol–water partition coefficient (Wildman–Crippen LogP) is 2.87. The third kappa shape index (κ3) is 4.04. The van der Waals surface area contributed by atoms with Gasteiger partial charge >= 0.3 is 0 Å². The Kier molecular flexibility index (Phi) is 5.32. The van der Waals surface area contributed by atoms with Crippen LogP contribution in [0.25, 0.3) is 0 Å². The maximum absolute atomic E-state index is 12.3. The van der Waals surface area contributed by atoms with Gasteiger partial charge in [0.05, 0.1) is 16.1 Å². The van der Waals surface area contributed by atoms with Crippen molar-refractivity contribution in [3.63, 3.8) is 0 Å². The summed E-state index contributed by atoms with van der Waals surface area (Å²) in [5, 5.41) is 15.5. The number of nitrogens with one attached hydrogen (secondary N) is 2. The van der Waals surface area contributed by atoms with Crippen molar-refractivity contribution >= 4 is 28.2 Å². The summed E-state index contributed by atoms with van der Waals surface area (Å²) in [4.78, 5) is 24.8. The summed E-state index contributed by atoms with van der Waals surface area (Å²) >= 11 is 1.23. The number of thiophene rings is 1. The van der Waals surface area contributed by atoms with Gasteiger partial charge in [0.2, 0.25) is 0 Å². The van der Waals surface area contributed by atoms with Gasteiger partial charge in [-0.15, -0.1) is 11.3 Å². The van der Waals surface area contributed by atoms with Crippen molar-refractivity contribution < 1.29 is 19.1 Å². The average Bonchev–Trinajstić information content (AvgIpc) is 3.27. The lowest BCUT2D eigenvalue weighted by Crippen LogP contribution is -2.37. The zero-order valence-corrected chi connectivity index (χ0v) is 14.0. The van der Waals surface area contributed by atoms with Gasteiger partial charge in [-0.1, -0.05) is 0 Å². The molecule has 2 aromatic rings. The molecule has 2 heterocycles. The number of rotatable bonds is 5. The number of anilines is 1. The zero-order chi connectivity index (χ0) is 16.9. The number of furan rings is 1. The van der Waals surface area contributed by atoms with Crippen molar-refractivity contribution in [3.8, 4) is 0 Å². The highest BCUT2D eigenvalue weighted by Gasteiger charge is 2.23. The summed E-state index contributed by atoms with van der Waals surface area (Å²) in [6.07, 6.45) is 5.11. The Bertz CT molecular complexity index is 687. The van der Waals surface area contributed by atoms with Gasteiger partial charge in [-0.05, 0) is 55.9 Å². The first-order valence-electron chi connectivity index (χ1n) is 8.02. The van der Waals surface area contributed by atoms with Crippen LogP contribution in [0.15, 0.2) is 34.9 Å². The molecule has 1 saturated carbocycles. The Balaban J connectivity index is 1.53. The van der Waals surface area contributed by atoms with E-state index in [1.807, 2.05) is 0 Å². The van der Waals surface area contributed by atoms with Crippen molar-refractivity contribution in [1.82, 2.24) is 5.32 Å². The second-order valence-electron chi connectivity index (χ2n) is 5.97. The molecular weight excluding hydrogens is 328 g/mol. The fourth-order valence-corrected chi connectivity index (χ4v) is 3.66. The van der Waals surface area contributed by atoms with Crippen LogP contribution in [-0.2, 0) is 0 Å². The van der Waals surface area contributed by atoms with Gasteiger partial charge in [-0.3, -0.25) is 9.59 Å². The van der Waals surface area contributed by atoms with E-state index in [1.165, 1.54) is 17.6 Å². The number of hydrogen-bond donors (Lipinski definition) is 3. The molecule has 0 aliphatic heterocycles. The third-order valence-electron chi connectivity index (χ3n) is 4.25. The van der Waals surface area contributed by atoms with Crippen LogP contribution in [0.5, 0.6) is 0 Å². The molecule has 24 heavy (non-hydrogen) atoms. The Morgan fingerprint density at radius 1 is 1.17 bits per heavy atom. The normalized spacial score (nSPS) is 20.5. The largest absolute Gasteiger partial charge is 0.459 e. The lowest BCUT2D eigenvalue weighted by atomic mass is 9.86. The zero-order valence-electron chi connectivity index (χ0n) is 13.2. The first-order valence-corrected chi connectivity index (χ1v) is 8.83. The summed E-state index contributed by atoms with van der Waals surface area (Å²) in [7, 11) is 0. The van der Waals surface area contributed by atoms with Gasteiger partial charge < -0.3 is 20.2 Å². The molecule has 2 amide bonds. The highest BCUT2D eigenvalue weighted by Crippen LogP contribution is 2.26. The van der Waals surface area contributed by atoms with E-state index in [0.717, 1.165) is 25.7 Å². The smallest absolute Gasteiger partial charge is 0.291 e. The molecule has 7 heteroatoms. The topological polar surface area (TPSA) is 91.6 Å². The second-order valence-corrected chi connectivity index (χ2v) is 7.05. The number of carbonyl (C=O) groups excluding carboxylic acids is 2. The fourth-order valence-electron chi connectivity index (χ4n) is 2.85. The van der Waals surface area contributed by atoms with Gasteiger partial charge in [0.15, 0.2) is 5.76 Å². The molecule has 0 spiro atoms. The van der Waals surface area contributed by atoms with Crippen molar-refractivity contribution in [2.24, 2.45) is 5.92 Å². The van der Waals surface area contributed by atoms with Crippen LogP contribution < -0.4 is 10.6 Å². The Morgan fingerprint density at radius 2 is 1.96 bits per heavy atom. The molecule has 0 unspecified atom stereocenters. The van der Waals surface area contributed by atoms with E-state index in [9.17, 15) is 9.59 Å². The highest BCUT2D eigenvalue weighted by molar-refractivity contribution is 7.18. The summed E-state index contributed by atoms with van der Waals surface area (Å²) in [6, 6.07) is 6.80. The van der Waals surface area contributed by atoms with Gasteiger partial charge in [-0.25, -0.2) is 0 Å². The van der Waals surface area contributed by atoms with Crippen LogP contribution in [0.3, 0.4) is 0 Å². The monoisotopic (exact) mass is 348 g/mol. The molecule has 0 atom stereocenters. The van der Waals surface area contributed by atoms with Crippen molar-refractivity contribution in [3.05, 3.63) is 41.2 Å². The number of aliphatic hydroxyl groups excluding tert-OH is 1. The van der Waals surface area contributed by atoms with Crippen LogP contribution in [0.2, 0.25) is 0 Å². The first-order chi connectivity index (χ1) is 11.7. The Hall–Kier alpha value is -2.12.